The summed E-state index contributed by atoms with van der Waals surface area (Å²) in [6.45, 7) is 4.45. The van der Waals surface area contributed by atoms with E-state index in [-0.39, 0.29) is 5.91 Å². The van der Waals surface area contributed by atoms with Crippen molar-refractivity contribution in [2.75, 3.05) is 25.5 Å². The Balaban J connectivity index is 1.47. The minimum absolute atomic E-state index is 0.0276. The Bertz CT molecular complexity index is 780. The Labute approximate surface area is 164 Å². The van der Waals surface area contributed by atoms with Crippen molar-refractivity contribution in [3.05, 3.63) is 34.9 Å². The van der Waals surface area contributed by atoms with Crippen LogP contribution in [0.4, 0.5) is 5.69 Å². The van der Waals surface area contributed by atoms with Gasteiger partial charge in [-0.3, -0.25) is 9.69 Å². The highest BCUT2D eigenvalue weighted by molar-refractivity contribution is 6.31. The molecule has 1 aliphatic heterocycles. The van der Waals surface area contributed by atoms with Crippen molar-refractivity contribution in [2.24, 2.45) is 5.92 Å². The second kappa shape index (κ2) is 9.19. The van der Waals surface area contributed by atoms with Crippen LogP contribution >= 0.6 is 11.6 Å². The van der Waals surface area contributed by atoms with Crippen LogP contribution in [0.25, 0.3) is 0 Å². The monoisotopic (exact) mass is 392 g/mol. The zero-order valence-corrected chi connectivity index (χ0v) is 16.5. The molecule has 27 heavy (non-hydrogen) atoms. The number of carbonyl (C=O) groups is 1. The average molecular weight is 393 g/mol. The molecule has 7 nitrogen and oxygen atoms in total. The largest absolute Gasteiger partial charge is 0.495 e. The third-order valence-electron chi connectivity index (χ3n) is 4.75. The maximum absolute atomic E-state index is 12.4. The predicted molar refractivity (Wildman–Crippen MR) is 103 cm³/mol. The van der Waals surface area contributed by atoms with Gasteiger partial charge in [-0.2, -0.15) is 4.98 Å². The Morgan fingerprint density at radius 3 is 3.07 bits per heavy atom. The molecule has 1 saturated heterocycles. The van der Waals surface area contributed by atoms with Crippen molar-refractivity contribution in [3.63, 3.8) is 0 Å². The summed E-state index contributed by atoms with van der Waals surface area (Å²) in [6, 6.07) is 5.18. The van der Waals surface area contributed by atoms with E-state index in [1.807, 2.05) is 6.92 Å². The quantitative estimate of drug-likeness (QED) is 0.774. The fourth-order valence-corrected chi connectivity index (χ4v) is 3.62. The first-order valence-corrected chi connectivity index (χ1v) is 9.56. The maximum atomic E-state index is 12.4. The summed E-state index contributed by atoms with van der Waals surface area (Å²) in [5.41, 5.74) is 0.604. The van der Waals surface area contributed by atoms with Crippen molar-refractivity contribution in [1.29, 1.82) is 0 Å². The van der Waals surface area contributed by atoms with Gasteiger partial charge in [-0.25, -0.2) is 0 Å². The number of carbonyl (C=O) groups excluding carboxylic acids is 1. The van der Waals surface area contributed by atoms with Gasteiger partial charge >= 0.3 is 0 Å². The molecule has 0 radical (unpaired) electrons. The van der Waals surface area contributed by atoms with Gasteiger partial charge in [-0.1, -0.05) is 16.8 Å². The van der Waals surface area contributed by atoms with Gasteiger partial charge in [0.1, 0.15) is 5.75 Å². The number of ether oxygens (including phenoxy) is 1. The smallest absolute Gasteiger partial charge is 0.240 e. The number of methoxy groups -OCH3 is 1. The van der Waals surface area contributed by atoms with E-state index in [4.69, 9.17) is 20.9 Å². The number of piperidine rings is 1. The van der Waals surface area contributed by atoms with Gasteiger partial charge in [-0.15, -0.1) is 0 Å². The van der Waals surface area contributed by atoms with Crippen LogP contribution in [0.2, 0.25) is 5.02 Å². The molecule has 146 valence electrons. The number of hydrogen-bond donors (Lipinski definition) is 1. The number of hydrogen-bond acceptors (Lipinski definition) is 6. The van der Waals surface area contributed by atoms with Crippen LogP contribution < -0.4 is 10.1 Å². The molecule has 1 amide bonds. The van der Waals surface area contributed by atoms with E-state index in [2.05, 4.69) is 20.4 Å². The fraction of sp³-hybridized carbons (Fsp3) is 0.526. The molecule has 0 bridgehead atoms. The summed E-state index contributed by atoms with van der Waals surface area (Å²) in [6.07, 6.45) is 3.55. The minimum atomic E-state index is -0.0276. The Hall–Kier alpha value is -2.12. The van der Waals surface area contributed by atoms with Gasteiger partial charge in [-0.05, 0) is 56.8 Å². The summed E-state index contributed by atoms with van der Waals surface area (Å²) < 4.78 is 10.5. The Kier molecular flexibility index (Phi) is 6.68. The minimum Gasteiger partial charge on any atom is -0.495 e. The van der Waals surface area contributed by atoms with Gasteiger partial charge in [0.05, 0.1) is 19.3 Å². The third-order valence-corrected chi connectivity index (χ3v) is 4.98. The molecule has 1 aromatic carbocycles. The van der Waals surface area contributed by atoms with Crippen molar-refractivity contribution in [1.82, 2.24) is 15.0 Å². The molecule has 0 aliphatic carbocycles. The summed E-state index contributed by atoms with van der Waals surface area (Å²) in [4.78, 5) is 18.9. The number of anilines is 1. The molecule has 1 fully saturated rings. The number of aryl methyl sites for hydroxylation is 1. The standard InChI is InChI=1S/C19H25ClN4O3/c1-13-21-19(27-23-13)12-24-9-3-4-14(11-24)5-8-18(25)22-16-10-15(20)6-7-17(16)26-2/h6-7,10,14H,3-5,8-9,11-12H2,1-2H3,(H,22,25)/t14-/m0/s1. The van der Waals surface area contributed by atoms with E-state index >= 15 is 0 Å². The van der Waals surface area contributed by atoms with Gasteiger partial charge in [0.15, 0.2) is 5.82 Å². The highest BCUT2D eigenvalue weighted by atomic mass is 35.5. The average Bonchev–Trinajstić information content (AvgIpc) is 3.05. The number of rotatable bonds is 7. The molecule has 0 spiro atoms. The van der Waals surface area contributed by atoms with Gasteiger partial charge in [0.2, 0.25) is 11.8 Å². The number of amides is 1. The van der Waals surface area contributed by atoms with Crippen LogP contribution in [-0.4, -0.2) is 41.1 Å². The van der Waals surface area contributed by atoms with Crippen LogP contribution in [0, 0.1) is 12.8 Å². The molecule has 0 saturated carbocycles. The lowest BCUT2D eigenvalue weighted by atomic mass is 9.93. The number of likely N-dealkylation sites (tertiary alicyclic amines) is 1. The molecule has 2 aromatic rings. The van der Waals surface area contributed by atoms with Crippen LogP contribution in [-0.2, 0) is 11.3 Å². The van der Waals surface area contributed by atoms with Gasteiger partial charge in [0.25, 0.3) is 0 Å². The van der Waals surface area contributed by atoms with Gasteiger partial charge < -0.3 is 14.6 Å². The highest BCUT2D eigenvalue weighted by Crippen LogP contribution is 2.28. The molecule has 1 N–H and O–H groups in total. The van der Waals surface area contributed by atoms with Crippen molar-refractivity contribution in [3.8, 4) is 5.75 Å². The van der Waals surface area contributed by atoms with Crippen molar-refractivity contribution >= 4 is 23.2 Å². The third kappa shape index (κ3) is 5.68. The lowest BCUT2D eigenvalue weighted by Crippen LogP contribution is -2.35. The Morgan fingerprint density at radius 2 is 2.33 bits per heavy atom. The molecule has 1 atom stereocenters. The van der Waals surface area contributed by atoms with Crippen LogP contribution in [0.5, 0.6) is 5.75 Å². The Morgan fingerprint density at radius 1 is 1.48 bits per heavy atom. The number of halogens is 1. The first-order chi connectivity index (χ1) is 13.0. The molecular formula is C19H25ClN4O3. The normalized spacial score (nSPS) is 17.7. The summed E-state index contributed by atoms with van der Waals surface area (Å²) >= 11 is 6.01. The first kappa shape index (κ1) is 19.6. The second-order valence-corrected chi connectivity index (χ2v) is 7.35. The molecule has 3 rings (SSSR count). The van der Waals surface area contributed by atoms with Crippen LogP contribution in [0.15, 0.2) is 22.7 Å². The van der Waals surface area contributed by atoms with Crippen LogP contribution in [0.3, 0.4) is 0 Å². The van der Waals surface area contributed by atoms with E-state index in [1.165, 1.54) is 0 Å². The highest BCUT2D eigenvalue weighted by Gasteiger charge is 2.22. The van der Waals surface area contributed by atoms with E-state index in [0.717, 1.165) is 32.4 Å². The maximum Gasteiger partial charge on any atom is 0.240 e. The van der Waals surface area contributed by atoms with E-state index in [9.17, 15) is 4.79 Å². The summed E-state index contributed by atoms with van der Waals surface area (Å²) in [7, 11) is 1.57. The lowest BCUT2D eigenvalue weighted by Gasteiger charge is -2.31. The number of benzene rings is 1. The zero-order chi connectivity index (χ0) is 19.2. The summed E-state index contributed by atoms with van der Waals surface area (Å²) in [5.74, 6) is 2.37. The first-order valence-electron chi connectivity index (χ1n) is 9.18. The molecule has 1 aliphatic rings. The van der Waals surface area contributed by atoms with Crippen molar-refractivity contribution in [2.45, 2.75) is 39.2 Å². The molecule has 8 heteroatoms. The fourth-order valence-electron chi connectivity index (χ4n) is 3.45. The molecule has 2 heterocycles. The number of nitrogens with zero attached hydrogens (tertiary/aromatic N) is 3. The SMILES string of the molecule is COc1ccc(Cl)cc1NC(=O)CC[C@@H]1CCCN(Cc2nc(C)no2)C1. The number of nitrogens with one attached hydrogen (secondary N) is 1. The molecule has 0 unspecified atom stereocenters. The van der Waals surface area contributed by atoms with E-state index < -0.39 is 0 Å². The van der Waals surface area contributed by atoms with Crippen molar-refractivity contribution < 1.29 is 14.1 Å². The van der Waals surface area contributed by atoms with E-state index in [0.29, 0.717) is 47.1 Å². The lowest BCUT2D eigenvalue weighted by molar-refractivity contribution is -0.116. The molecule has 1 aromatic heterocycles. The number of aromatic nitrogens is 2. The van der Waals surface area contributed by atoms with Crippen LogP contribution in [0.1, 0.15) is 37.4 Å². The second-order valence-electron chi connectivity index (χ2n) is 6.91. The van der Waals surface area contributed by atoms with E-state index in [1.54, 1.807) is 25.3 Å². The summed E-state index contributed by atoms with van der Waals surface area (Å²) in [5, 5.41) is 7.30. The predicted octanol–water partition coefficient (Wildman–Crippen LogP) is 3.67. The molecular weight excluding hydrogens is 368 g/mol. The zero-order valence-electron chi connectivity index (χ0n) is 15.7. The van der Waals surface area contributed by atoms with Gasteiger partial charge in [0, 0.05) is 18.0 Å². The topological polar surface area (TPSA) is 80.5 Å².